The molecule has 0 aliphatic rings. The number of carboxylic acid groups (broad SMARTS) is 1. The monoisotopic (exact) mass is 441 g/mol. The molecule has 3 rings (SSSR count). The molecule has 25 heavy (non-hydrogen) atoms. The van der Waals surface area contributed by atoms with Gasteiger partial charge in [-0.25, -0.2) is 9.97 Å². The number of H-pyrrole nitrogens is 1. The molecule has 2 heterocycles. The number of aliphatic carboxylic acids is 1. The topological polar surface area (TPSA) is 95.9 Å². The normalized spacial score (nSPS) is 11.7. The number of halogens is 2. The Morgan fingerprint density at radius 3 is 2.60 bits per heavy atom. The van der Waals surface area contributed by atoms with E-state index in [-0.39, 0.29) is 29.2 Å². The summed E-state index contributed by atoms with van der Waals surface area (Å²) in [6.07, 6.45) is 1.31. The number of benzene rings is 1. The Balaban J connectivity index is 0.00000225. The predicted octanol–water partition coefficient (Wildman–Crippen LogP) is 4.01. The number of pyridine rings is 1. The first-order valence-electron chi connectivity index (χ1n) is 7.02. The molecule has 0 saturated heterocycles. The van der Waals surface area contributed by atoms with Crippen LogP contribution in [0, 0.1) is 0 Å². The summed E-state index contributed by atoms with van der Waals surface area (Å²) in [5.41, 5.74) is 1.66. The molecule has 0 saturated carbocycles. The van der Waals surface area contributed by atoms with Crippen LogP contribution in [0.15, 0.2) is 47.8 Å². The fourth-order valence-corrected chi connectivity index (χ4v) is 3.33. The maximum absolute atomic E-state index is 12.6. The molecule has 1 atom stereocenters. The number of imidazole rings is 1. The SMILES string of the molecule is Br.O=C(O)CC(Sc1nc2ncccc2[nH]1)C(=O)c1ccc(Cl)cc1. The minimum Gasteiger partial charge on any atom is -0.481 e. The van der Waals surface area contributed by atoms with E-state index in [1.54, 1.807) is 36.5 Å². The van der Waals surface area contributed by atoms with Crippen molar-refractivity contribution in [2.24, 2.45) is 0 Å². The van der Waals surface area contributed by atoms with Crippen molar-refractivity contribution >= 4 is 63.3 Å². The molecule has 6 nitrogen and oxygen atoms in total. The van der Waals surface area contributed by atoms with E-state index < -0.39 is 11.2 Å². The number of fused-ring (bicyclic) bond motifs is 1. The van der Waals surface area contributed by atoms with Gasteiger partial charge in [0, 0.05) is 16.8 Å². The van der Waals surface area contributed by atoms with Crippen molar-refractivity contribution in [2.45, 2.75) is 16.8 Å². The third-order valence-corrected chi connectivity index (χ3v) is 4.60. The second kappa shape index (κ2) is 8.46. The number of Topliss-reactive ketones (excluding diaryl/α,β-unsaturated/α-hetero) is 1. The zero-order valence-electron chi connectivity index (χ0n) is 12.7. The lowest BCUT2D eigenvalue weighted by Crippen LogP contribution is -2.21. The van der Waals surface area contributed by atoms with Crippen molar-refractivity contribution in [2.75, 3.05) is 0 Å². The summed E-state index contributed by atoms with van der Waals surface area (Å²) in [5, 5.41) is 9.28. The van der Waals surface area contributed by atoms with Gasteiger partial charge in [-0.05, 0) is 36.4 Å². The third-order valence-electron chi connectivity index (χ3n) is 3.27. The standard InChI is InChI=1S/C16H12ClN3O3S.BrH/c17-10-5-3-9(4-6-10)14(23)12(8-13(21)22)24-16-19-11-2-1-7-18-15(11)20-16;/h1-7,12H,8H2,(H,21,22)(H,18,19,20);1H. The van der Waals surface area contributed by atoms with E-state index in [4.69, 9.17) is 16.7 Å². The lowest BCUT2D eigenvalue weighted by Gasteiger charge is -2.12. The summed E-state index contributed by atoms with van der Waals surface area (Å²) in [5.74, 6) is -1.34. The Bertz CT molecular complexity index is 868. The molecular weight excluding hydrogens is 430 g/mol. The molecule has 0 aliphatic carbocycles. The molecule has 9 heteroatoms. The van der Waals surface area contributed by atoms with Gasteiger partial charge in [0.1, 0.15) is 0 Å². The van der Waals surface area contributed by atoms with Crippen molar-refractivity contribution in [1.82, 2.24) is 15.0 Å². The largest absolute Gasteiger partial charge is 0.481 e. The second-order valence-electron chi connectivity index (χ2n) is 4.99. The minimum atomic E-state index is -1.05. The lowest BCUT2D eigenvalue weighted by atomic mass is 10.1. The van der Waals surface area contributed by atoms with Crippen LogP contribution in [0.2, 0.25) is 5.02 Å². The molecular formula is C16H13BrClN3O3S. The maximum Gasteiger partial charge on any atom is 0.304 e. The van der Waals surface area contributed by atoms with Crippen LogP contribution >= 0.6 is 40.3 Å². The first-order chi connectivity index (χ1) is 11.5. The number of aromatic nitrogens is 3. The van der Waals surface area contributed by atoms with Gasteiger partial charge in [-0.2, -0.15) is 0 Å². The van der Waals surface area contributed by atoms with Crippen LogP contribution in [-0.4, -0.2) is 37.1 Å². The number of thioether (sulfide) groups is 1. The zero-order valence-corrected chi connectivity index (χ0v) is 16.0. The molecule has 0 amide bonds. The summed E-state index contributed by atoms with van der Waals surface area (Å²) in [7, 11) is 0. The number of ketones is 1. The van der Waals surface area contributed by atoms with E-state index in [2.05, 4.69) is 15.0 Å². The van der Waals surface area contributed by atoms with Crippen LogP contribution in [0.5, 0.6) is 0 Å². The van der Waals surface area contributed by atoms with Crippen molar-refractivity contribution in [1.29, 1.82) is 0 Å². The van der Waals surface area contributed by atoms with Gasteiger partial charge in [0.05, 0.1) is 17.2 Å². The summed E-state index contributed by atoms with van der Waals surface area (Å²) < 4.78 is 0. The van der Waals surface area contributed by atoms with E-state index in [0.717, 1.165) is 17.3 Å². The van der Waals surface area contributed by atoms with E-state index in [1.165, 1.54) is 0 Å². The maximum atomic E-state index is 12.6. The fraction of sp³-hybridized carbons (Fsp3) is 0.125. The summed E-state index contributed by atoms with van der Waals surface area (Å²) in [6.45, 7) is 0. The van der Waals surface area contributed by atoms with E-state index in [0.29, 0.717) is 21.4 Å². The molecule has 3 aromatic rings. The average molecular weight is 443 g/mol. The van der Waals surface area contributed by atoms with Gasteiger partial charge >= 0.3 is 5.97 Å². The Kier molecular flexibility index (Phi) is 6.57. The smallest absolute Gasteiger partial charge is 0.304 e. The first kappa shape index (κ1) is 19.4. The minimum absolute atomic E-state index is 0. The lowest BCUT2D eigenvalue weighted by molar-refractivity contribution is -0.136. The number of hydrogen-bond donors (Lipinski definition) is 2. The molecule has 0 spiro atoms. The number of carbonyl (C=O) groups is 2. The highest BCUT2D eigenvalue weighted by Crippen LogP contribution is 2.28. The first-order valence-corrected chi connectivity index (χ1v) is 8.27. The van der Waals surface area contributed by atoms with Crippen molar-refractivity contribution in [3.63, 3.8) is 0 Å². The highest BCUT2D eigenvalue weighted by atomic mass is 79.9. The van der Waals surface area contributed by atoms with Gasteiger partial charge in [0.2, 0.25) is 0 Å². The molecule has 0 fully saturated rings. The third kappa shape index (κ3) is 4.81. The molecule has 0 bridgehead atoms. The van der Waals surface area contributed by atoms with Gasteiger partial charge in [-0.3, -0.25) is 9.59 Å². The number of nitrogens with zero attached hydrogens (tertiary/aromatic N) is 2. The van der Waals surface area contributed by atoms with Crippen molar-refractivity contribution in [3.8, 4) is 0 Å². The Morgan fingerprint density at radius 1 is 1.24 bits per heavy atom. The number of carboxylic acids is 1. The van der Waals surface area contributed by atoms with Crippen LogP contribution in [-0.2, 0) is 4.79 Å². The van der Waals surface area contributed by atoms with Gasteiger partial charge in [-0.15, -0.1) is 17.0 Å². The summed E-state index contributed by atoms with van der Waals surface area (Å²) in [6, 6.07) is 9.94. The second-order valence-corrected chi connectivity index (χ2v) is 6.62. The van der Waals surface area contributed by atoms with E-state index in [1.807, 2.05) is 6.07 Å². The van der Waals surface area contributed by atoms with Crippen LogP contribution in [0.1, 0.15) is 16.8 Å². The van der Waals surface area contributed by atoms with Crippen LogP contribution in [0.4, 0.5) is 0 Å². The highest BCUT2D eigenvalue weighted by Gasteiger charge is 2.25. The quantitative estimate of drug-likeness (QED) is 0.442. The highest BCUT2D eigenvalue weighted by molar-refractivity contribution is 8.93. The van der Waals surface area contributed by atoms with Gasteiger partial charge < -0.3 is 10.1 Å². The van der Waals surface area contributed by atoms with Gasteiger partial charge in [0.25, 0.3) is 0 Å². The average Bonchev–Trinajstić information content (AvgIpc) is 2.96. The van der Waals surface area contributed by atoms with Crippen LogP contribution in [0.25, 0.3) is 11.2 Å². The molecule has 0 radical (unpaired) electrons. The number of rotatable bonds is 6. The van der Waals surface area contributed by atoms with Crippen LogP contribution in [0.3, 0.4) is 0 Å². The van der Waals surface area contributed by atoms with Crippen molar-refractivity contribution in [3.05, 3.63) is 53.2 Å². The number of hydrogen-bond acceptors (Lipinski definition) is 5. The molecule has 2 aromatic heterocycles. The molecule has 130 valence electrons. The number of aromatic amines is 1. The molecule has 2 N–H and O–H groups in total. The summed E-state index contributed by atoms with van der Waals surface area (Å²) >= 11 is 6.90. The van der Waals surface area contributed by atoms with Gasteiger partial charge in [0.15, 0.2) is 16.6 Å². The Morgan fingerprint density at radius 2 is 1.96 bits per heavy atom. The van der Waals surface area contributed by atoms with E-state index >= 15 is 0 Å². The molecule has 0 aliphatic heterocycles. The van der Waals surface area contributed by atoms with E-state index in [9.17, 15) is 9.59 Å². The van der Waals surface area contributed by atoms with Crippen molar-refractivity contribution < 1.29 is 14.7 Å². The molecule has 1 unspecified atom stereocenters. The van der Waals surface area contributed by atoms with Gasteiger partial charge in [-0.1, -0.05) is 23.4 Å². The number of carbonyl (C=O) groups excluding carboxylic acids is 1. The zero-order chi connectivity index (χ0) is 17.1. The molecule has 1 aromatic carbocycles. The summed E-state index contributed by atoms with van der Waals surface area (Å²) in [4.78, 5) is 35.2. The Hall–Kier alpha value is -1.90. The number of nitrogens with one attached hydrogen (secondary N) is 1. The predicted molar refractivity (Wildman–Crippen MR) is 102 cm³/mol. The van der Waals surface area contributed by atoms with Crippen LogP contribution < -0.4 is 0 Å². The Labute approximate surface area is 162 Å². The fourth-order valence-electron chi connectivity index (χ4n) is 2.16.